The van der Waals surface area contributed by atoms with Gasteiger partial charge in [0.2, 0.25) is 0 Å². The first-order chi connectivity index (χ1) is 9.67. The van der Waals surface area contributed by atoms with Gasteiger partial charge in [-0.05, 0) is 45.9 Å². The molecule has 0 saturated carbocycles. The Kier molecular flexibility index (Phi) is 12.1. The van der Waals surface area contributed by atoms with Gasteiger partial charge in [-0.1, -0.05) is 71.9 Å². The van der Waals surface area contributed by atoms with E-state index in [1.807, 2.05) is 45.1 Å². The van der Waals surface area contributed by atoms with E-state index >= 15 is 0 Å². The first-order valence-electron chi connectivity index (χ1n) is 6.64. The Morgan fingerprint density at radius 3 is 1.90 bits per heavy atom. The fourth-order valence-electron chi connectivity index (χ4n) is 1.23. The molecule has 20 heavy (non-hydrogen) atoms. The Balaban J connectivity index is 0.000000441. The van der Waals surface area contributed by atoms with Crippen molar-refractivity contribution >= 4 is 23.4 Å². The minimum atomic E-state index is 0.794. The summed E-state index contributed by atoms with van der Waals surface area (Å²) in [6.07, 6.45) is 11.9. The number of halogens is 1. The van der Waals surface area contributed by atoms with Crippen LogP contribution in [0.2, 0.25) is 0 Å². The van der Waals surface area contributed by atoms with E-state index in [0.717, 1.165) is 5.03 Å². The number of thioether (sulfide) groups is 1. The zero-order valence-electron chi connectivity index (χ0n) is 12.6. The molecule has 0 aliphatic rings. The zero-order chi connectivity index (χ0) is 15.2. The van der Waals surface area contributed by atoms with Crippen molar-refractivity contribution in [1.29, 1.82) is 0 Å². The summed E-state index contributed by atoms with van der Waals surface area (Å²) < 4.78 is 0. The number of allylic oxidation sites excluding steroid dienone is 7. The monoisotopic (exact) mass is 306 g/mol. The van der Waals surface area contributed by atoms with Crippen molar-refractivity contribution in [3.63, 3.8) is 0 Å². The van der Waals surface area contributed by atoms with Crippen LogP contribution >= 0.6 is 23.4 Å². The molecule has 1 aromatic rings. The third-order valence-corrected chi connectivity index (χ3v) is 3.66. The van der Waals surface area contributed by atoms with Gasteiger partial charge in [0, 0.05) is 14.8 Å². The fraction of sp³-hybridized carbons (Fsp3) is 0.222. The van der Waals surface area contributed by atoms with Gasteiger partial charge in [-0.15, -0.1) is 0 Å². The lowest BCUT2D eigenvalue weighted by atomic mass is 10.4. The van der Waals surface area contributed by atoms with Gasteiger partial charge < -0.3 is 0 Å². The largest absolute Gasteiger partial charge is 0.0905 e. The zero-order valence-corrected chi connectivity index (χ0v) is 14.2. The molecule has 0 radical (unpaired) electrons. The normalized spacial score (nSPS) is 12.7. The third kappa shape index (κ3) is 9.71. The Hall–Kier alpha value is -1.18. The minimum Gasteiger partial charge on any atom is -0.0905 e. The van der Waals surface area contributed by atoms with Gasteiger partial charge in [0.1, 0.15) is 0 Å². The van der Waals surface area contributed by atoms with Crippen molar-refractivity contribution < 1.29 is 0 Å². The van der Waals surface area contributed by atoms with Gasteiger partial charge in [-0.2, -0.15) is 0 Å². The average molecular weight is 307 g/mol. The summed E-state index contributed by atoms with van der Waals surface area (Å²) in [5, 5.41) is 0.794. The molecule has 108 valence electrons. The standard InChI is InChI=1S/C12H14S.C6H9Cl/c1-3-8-11(4-2)13-12-9-6-5-7-10-12;1-3-5-6(7)4-2/h3-10H,1-2H3;3-5H,1-2H3/b8-3-,11-4+;5-3-,6-4+. The van der Waals surface area contributed by atoms with E-state index in [1.165, 1.54) is 9.80 Å². The molecule has 2 heteroatoms. The van der Waals surface area contributed by atoms with Crippen LogP contribution < -0.4 is 0 Å². The molecule has 0 aromatic heterocycles. The molecular weight excluding hydrogens is 284 g/mol. The third-order valence-electron chi connectivity index (χ3n) is 2.20. The molecule has 0 amide bonds. The summed E-state index contributed by atoms with van der Waals surface area (Å²) in [5.74, 6) is 0. The molecule has 1 rings (SSSR count). The van der Waals surface area contributed by atoms with Crippen LogP contribution in [0.4, 0.5) is 0 Å². The predicted molar refractivity (Wildman–Crippen MR) is 95.3 cm³/mol. The van der Waals surface area contributed by atoms with Crippen LogP contribution in [0.3, 0.4) is 0 Å². The smallest absolute Gasteiger partial charge is 0.0360 e. The Labute approximate surface area is 132 Å². The highest BCUT2D eigenvalue weighted by Gasteiger charge is 1.93. The van der Waals surface area contributed by atoms with E-state index in [9.17, 15) is 0 Å². The molecule has 0 heterocycles. The van der Waals surface area contributed by atoms with Crippen LogP contribution in [-0.4, -0.2) is 0 Å². The number of benzene rings is 1. The van der Waals surface area contributed by atoms with Crippen molar-refractivity contribution in [2.75, 3.05) is 0 Å². The average Bonchev–Trinajstić information content (AvgIpc) is 2.48. The Morgan fingerprint density at radius 2 is 1.50 bits per heavy atom. The SMILES string of the molecule is C/C=C\C(=C/C)Sc1ccccc1.C/C=C\C(Cl)=C/C. The lowest BCUT2D eigenvalue weighted by Crippen LogP contribution is -1.71. The van der Waals surface area contributed by atoms with Gasteiger partial charge in [0.25, 0.3) is 0 Å². The van der Waals surface area contributed by atoms with Crippen LogP contribution in [-0.2, 0) is 0 Å². The topological polar surface area (TPSA) is 0 Å². The molecule has 0 bridgehead atoms. The van der Waals surface area contributed by atoms with E-state index in [1.54, 1.807) is 11.8 Å². The number of rotatable bonds is 4. The molecule has 0 unspecified atom stereocenters. The maximum Gasteiger partial charge on any atom is 0.0360 e. The van der Waals surface area contributed by atoms with E-state index in [0.29, 0.717) is 0 Å². The van der Waals surface area contributed by atoms with Gasteiger partial charge in [0.15, 0.2) is 0 Å². The lowest BCUT2D eigenvalue weighted by Gasteiger charge is -2.00. The second-order valence-electron chi connectivity index (χ2n) is 3.78. The highest BCUT2D eigenvalue weighted by atomic mass is 35.5. The second-order valence-corrected chi connectivity index (χ2v) is 5.36. The molecule has 0 aliphatic heterocycles. The summed E-state index contributed by atoms with van der Waals surface area (Å²) in [7, 11) is 0. The first-order valence-corrected chi connectivity index (χ1v) is 7.83. The van der Waals surface area contributed by atoms with Gasteiger partial charge in [-0.3, -0.25) is 0 Å². The highest BCUT2D eigenvalue weighted by Crippen LogP contribution is 2.26. The van der Waals surface area contributed by atoms with E-state index in [2.05, 4.69) is 49.4 Å². The van der Waals surface area contributed by atoms with Crippen LogP contribution in [0.5, 0.6) is 0 Å². The molecule has 0 fully saturated rings. The molecule has 0 N–H and O–H groups in total. The van der Waals surface area contributed by atoms with Gasteiger partial charge in [-0.25, -0.2) is 0 Å². The summed E-state index contributed by atoms with van der Waals surface area (Å²) in [5.41, 5.74) is 0. The molecule has 1 aromatic carbocycles. The van der Waals surface area contributed by atoms with Crippen LogP contribution in [0.15, 0.2) is 81.6 Å². The number of hydrogen-bond donors (Lipinski definition) is 0. The molecule has 0 aliphatic carbocycles. The van der Waals surface area contributed by atoms with E-state index in [-0.39, 0.29) is 0 Å². The van der Waals surface area contributed by atoms with Crippen molar-refractivity contribution in [2.24, 2.45) is 0 Å². The molecule has 0 spiro atoms. The quantitative estimate of drug-likeness (QED) is 0.428. The van der Waals surface area contributed by atoms with Crippen molar-refractivity contribution in [3.8, 4) is 0 Å². The summed E-state index contributed by atoms with van der Waals surface area (Å²) in [6, 6.07) is 10.4. The van der Waals surface area contributed by atoms with Crippen molar-refractivity contribution in [1.82, 2.24) is 0 Å². The van der Waals surface area contributed by atoms with Crippen LogP contribution in [0, 0.1) is 0 Å². The van der Waals surface area contributed by atoms with Crippen molar-refractivity contribution in [3.05, 3.63) is 76.7 Å². The van der Waals surface area contributed by atoms with Crippen LogP contribution in [0.25, 0.3) is 0 Å². The van der Waals surface area contributed by atoms with E-state index in [4.69, 9.17) is 11.6 Å². The van der Waals surface area contributed by atoms with Crippen LogP contribution in [0.1, 0.15) is 27.7 Å². The summed E-state index contributed by atoms with van der Waals surface area (Å²) in [4.78, 5) is 2.57. The number of hydrogen-bond acceptors (Lipinski definition) is 1. The Morgan fingerprint density at radius 1 is 0.900 bits per heavy atom. The lowest BCUT2D eigenvalue weighted by molar-refractivity contribution is 1.47. The van der Waals surface area contributed by atoms with Gasteiger partial charge >= 0.3 is 0 Å². The predicted octanol–water partition coefficient (Wildman–Crippen LogP) is 6.96. The van der Waals surface area contributed by atoms with Gasteiger partial charge in [0.05, 0.1) is 0 Å². The molecule has 0 atom stereocenters. The minimum absolute atomic E-state index is 0.794. The first kappa shape index (κ1) is 18.8. The summed E-state index contributed by atoms with van der Waals surface area (Å²) in [6.45, 7) is 7.94. The molecule has 0 saturated heterocycles. The molecule has 0 nitrogen and oxygen atoms in total. The fourth-order valence-corrected chi connectivity index (χ4v) is 2.25. The maximum absolute atomic E-state index is 5.54. The molecular formula is C18H23ClS. The Bertz CT molecular complexity index is 467. The van der Waals surface area contributed by atoms with E-state index < -0.39 is 0 Å². The second kappa shape index (κ2) is 12.8. The highest BCUT2D eigenvalue weighted by molar-refractivity contribution is 8.03. The van der Waals surface area contributed by atoms with Crippen molar-refractivity contribution in [2.45, 2.75) is 32.6 Å². The maximum atomic E-state index is 5.54. The summed E-state index contributed by atoms with van der Waals surface area (Å²) >= 11 is 7.33.